The lowest BCUT2D eigenvalue weighted by Gasteiger charge is -2.13. The smallest absolute Gasteiger partial charge is 0.271 e. The molecule has 1 unspecified atom stereocenters. The van der Waals surface area contributed by atoms with Crippen molar-refractivity contribution >= 4 is 23.3 Å². The van der Waals surface area contributed by atoms with Crippen LogP contribution in [0, 0.1) is 17.1 Å². The van der Waals surface area contributed by atoms with Gasteiger partial charge in [-0.2, -0.15) is 10.4 Å². The standard InChI is InChI=1S/C19H16ClFN6O2/c1-10(24-19(29)17-8-23-18(25-17)11(2)28)9-27-4-3-16(26-27)12-5-14(20)13(7-22)15(21)6-12/h3-6,8,10H,9H2,1-2H3,(H,23,25)(H,24,29). The number of aromatic amines is 1. The van der Waals surface area contributed by atoms with Gasteiger partial charge < -0.3 is 10.3 Å². The van der Waals surface area contributed by atoms with Crippen LogP contribution in [-0.2, 0) is 6.54 Å². The molecular formula is C19H16ClFN6O2. The quantitative estimate of drug-likeness (QED) is 0.601. The largest absolute Gasteiger partial charge is 0.346 e. The highest BCUT2D eigenvalue weighted by atomic mass is 35.5. The Kier molecular flexibility index (Phi) is 5.75. The molecule has 2 N–H and O–H groups in total. The number of hydrogen-bond acceptors (Lipinski definition) is 5. The van der Waals surface area contributed by atoms with Gasteiger partial charge in [-0.1, -0.05) is 11.6 Å². The molecule has 3 aromatic rings. The molecule has 148 valence electrons. The number of carbonyl (C=O) groups excluding carboxylic acids is 2. The average molecular weight is 415 g/mol. The first-order valence-electron chi connectivity index (χ1n) is 8.58. The van der Waals surface area contributed by atoms with Crippen LogP contribution in [0.25, 0.3) is 11.3 Å². The van der Waals surface area contributed by atoms with E-state index in [1.807, 2.05) is 0 Å². The summed E-state index contributed by atoms with van der Waals surface area (Å²) < 4.78 is 15.5. The van der Waals surface area contributed by atoms with E-state index in [1.54, 1.807) is 29.9 Å². The number of ketones is 1. The minimum atomic E-state index is -0.714. The van der Waals surface area contributed by atoms with Crippen molar-refractivity contribution in [3.8, 4) is 17.3 Å². The van der Waals surface area contributed by atoms with Gasteiger partial charge in [-0.15, -0.1) is 0 Å². The van der Waals surface area contributed by atoms with Crippen molar-refractivity contribution in [2.75, 3.05) is 0 Å². The van der Waals surface area contributed by atoms with Crippen LogP contribution in [0.3, 0.4) is 0 Å². The van der Waals surface area contributed by atoms with Gasteiger partial charge in [-0.05, 0) is 25.1 Å². The van der Waals surface area contributed by atoms with Crippen molar-refractivity contribution in [2.45, 2.75) is 26.4 Å². The van der Waals surface area contributed by atoms with E-state index in [2.05, 4.69) is 20.4 Å². The molecule has 2 heterocycles. The summed E-state index contributed by atoms with van der Waals surface area (Å²) in [5.74, 6) is -1.28. The second-order valence-electron chi connectivity index (χ2n) is 6.41. The molecule has 0 bridgehead atoms. The monoisotopic (exact) mass is 414 g/mol. The fourth-order valence-electron chi connectivity index (χ4n) is 2.69. The van der Waals surface area contributed by atoms with Gasteiger partial charge in [-0.3, -0.25) is 14.3 Å². The maximum absolute atomic E-state index is 14.0. The lowest BCUT2D eigenvalue weighted by Crippen LogP contribution is -2.36. The van der Waals surface area contributed by atoms with Gasteiger partial charge in [0.2, 0.25) is 0 Å². The van der Waals surface area contributed by atoms with E-state index in [0.717, 1.165) is 0 Å². The van der Waals surface area contributed by atoms with Crippen molar-refractivity contribution in [2.24, 2.45) is 0 Å². The number of H-pyrrole nitrogens is 1. The molecule has 0 radical (unpaired) electrons. The Labute approximate surface area is 170 Å². The van der Waals surface area contributed by atoms with Gasteiger partial charge in [-0.25, -0.2) is 9.37 Å². The third kappa shape index (κ3) is 4.50. The van der Waals surface area contributed by atoms with Gasteiger partial charge >= 0.3 is 0 Å². The van der Waals surface area contributed by atoms with Crippen LogP contribution in [-0.4, -0.2) is 37.5 Å². The summed E-state index contributed by atoms with van der Waals surface area (Å²) >= 11 is 5.94. The van der Waals surface area contributed by atoms with Crippen molar-refractivity contribution < 1.29 is 14.0 Å². The number of benzene rings is 1. The topological polar surface area (TPSA) is 116 Å². The summed E-state index contributed by atoms with van der Waals surface area (Å²) in [5.41, 5.74) is 0.825. The zero-order chi connectivity index (χ0) is 21.1. The second-order valence-corrected chi connectivity index (χ2v) is 6.82. The molecule has 1 atom stereocenters. The summed E-state index contributed by atoms with van der Waals surface area (Å²) in [6, 6.07) is 5.77. The summed E-state index contributed by atoms with van der Waals surface area (Å²) in [6.45, 7) is 3.49. The molecule has 2 aromatic heterocycles. The van der Waals surface area contributed by atoms with Gasteiger partial charge in [0.15, 0.2) is 11.6 Å². The number of hydrogen-bond donors (Lipinski definition) is 2. The van der Waals surface area contributed by atoms with Crippen LogP contribution < -0.4 is 5.32 Å². The number of nitriles is 1. The first-order valence-corrected chi connectivity index (χ1v) is 8.96. The molecule has 29 heavy (non-hydrogen) atoms. The molecule has 0 saturated carbocycles. The Morgan fingerprint density at radius 3 is 2.83 bits per heavy atom. The summed E-state index contributed by atoms with van der Waals surface area (Å²) in [6.07, 6.45) is 3.05. The van der Waals surface area contributed by atoms with Gasteiger partial charge in [0.05, 0.1) is 17.3 Å². The van der Waals surface area contributed by atoms with E-state index in [4.69, 9.17) is 16.9 Å². The predicted octanol–water partition coefficient (Wildman–Crippen LogP) is 2.96. The Hall–Kier alpha value is -3.51. The van der Waals surface area contributed by atoms with Crippen LogP contribution in [0.5, 0.6) is 0 Å². The van der Waals surface area contributed by atoms with Crippen molar-refractivity contribution in [3.63, 3.8) is 0 Å². The summed E-state index contributed by atoms with van der Waals surface area (Å²) in [5, 5.41) is 16.0. The number of imidazole rings is 1. The Morgan fingerprint density at radius 2 is 2.21 bits per heavy atom. The third-order valence-corrected chi connectivity index (χ3v) is 4.37. The number of carbonyl (C=O) groups is 2. The highest BCUT2D eigenvalue weighted by molar-refractivity contribution is 6.32. The van der Waals surface area contributed by atoms with Gasteiger partial charge in [0.25, 0.3) is 5.91 Å². The molecule has 0 fully saturated rings. The number of halogens is 2. The summed E-state index contributed by atoms with van der Waals surface area (Å²) in [4.78, 5) is 30.1. The van der Waals surface area contributed by atoms with Crippen molar-refractivity contribution in [3.05, 3.63) is 58.5 Å². The number of rotatable bonds is 6. The zero-order valence-corrected chi connectivity index (χ0v) is 16.3. The molecule has 0 saturated heterocycles. The Bertz CT molecular complexity index is 1110. The lowest BCUT2D eigenvalue weighted by atomic mass is 10.1. The Morgan fingerprint density at radius 1 is 1.45 bits per heavy atom. The van der Waals surface area contributed by atoms with Crippen molar-refractivity contribution in [1.82, 2.24) is 25.1 Å². The zero-order valence-electron chi connectivity index (χ0n) is 15.5. The first-order chi connectivity index (χ1) is 13.8. The van der Waals surface area contributed by atoms with Crippen LogP contribution in [0.1, 0.15) is 40.5 Å². The molecule has 0 aliphatic heterocycles. The number of Topliss-reactive ketones (excluding diaryl/α,β-unsaturated/α-hetero) is 1. The highest BCUT2D eigenvalue weighted by Gasteiger charge is 2.16. The van der Waals surface area contributed by atoms with E-state index < -0.39 is 11.7 Å². The van der Waals surface area contributed by atoms with E-state index in [-0.39, 0.29) is 33.9 Å². The Balaban J connectivity index is 1.67. The highest BCUT2D eigenvalue weighted by Crippen LogP contribution is 2.26. The summed E-state index contributed by atoms with van der Waals surface area (Å²) in [7, 11) is 0. The van der Waals surface area contributed by atoms with Crippen LogP contribution in [0.4, 0.5) is 4.39 Å². The second kappa shape index (κ2) is 8.24. The molecular weight excluding hydrogens is 399 g/mol. The number of amides is 1. The van der Waals surface area contributed by atoms with E-state index in [9.17, 15) is 14.0 Å². The maximum Gasteiger partial charge on any atom is 0.271 e. The molecule has 8 nitrogen and oxygen atoms in total. The molecule has 10 heteroatoms. The fourth-order valence-corrected chi connectivity index (χ4v) is 2.94. The molecule has 0 spiro atoms. The van der Waals surface area contributed by atoms with E-state index in [0.29, 0.717) is 17.8 Å². The number of nitrogens with zero attached hydrogens (tertiary/aromatic N) is 4. The normalized spacial score (nSPS) is 11.7. The molecule has 1 amide bonds. The van der Waals surface area contributed by atoms with Gasteiger partial charge in [0, 0.05) is 30.9 Å². The van der Waals surface area contributed by atoms with Crippen LogP contribution >= 0.6 is 11.6 Å². The minimum Gasteiger partial charge on any atom is -0.346 e. The lowest BCUT2D eigenvalue weighted by molar-refractivity contribution is 0.0931. The van der Waals surface area contributed by atoms with E-state index >= 15 is 0 Å². The number of aromatic nitrogens is 4. The fraction of sp³-hybridized carbons (Fsp3) is 0.211. The third-order valence-electron chi connectivity index (χ3n) is 4.07. The van der Waals surface area contributed by atoms with Crippen molar-refractivity contribution in [1.29, 1.82) is 5.26 Å². The van der Waals surface area contributed by atoms with Gasteiger partial charge in [0.1, 0.15) is 23.1 Å². The maximum atomic E-state index is 14.0. The molecule has 0 aliphatic rings. The van der Waals surface area contributed by atoms with Crippen LogP contribution in [0.2, 0.25) is 5.02 Å². The molecule has 0 aliphatic carbocycles. The minimum absolute atomic E-state index is 0.0154. The number of nitrogens with one attached hydrogen (secondary N) is 2. The van der Waals surface area contributed by atoms with Crippen LogP contribution in [0.15, 0.2) is 30.6 Å². The SMILES string of the molecule is CC(=O)c1nc(C(=O)NC(C)Cn2ccc(-c3cc(F)c(C#N)c(Cl)c3)n2)c[nH]1. The molecule has 1 aromatic carbocycles. The molecule has 3 rings (SSSR count). The van der Waals surface area contributed by atoms with E-state index in [1.165, 1.54) is 25.3 Å². The first kappa shape index (κ1) is 20.2. The average Bonchev–Trinajstić information content (AvgIpc) is 3.31. The predicted molar refractivity (Wildman–Crippen MR) is 103 cm³/mol.